The minimum absolute atomic E-state index is 0.0671. The van der Waals surface area contributed by atoms with Gasteiger partial charge in [0.2, 0.25) is 0 Å². The number of hydrogen-bond acceptors (Lipinski definition) is 5. The predicted molar refractivity (Wildman–Crippen MR) is 69.5 cm³/mol. The maximum absolute atomic E-state index is 10.8. The van der Waals surface area contributed by atoms with Gasteiger partial charge >= 0.3 is 5.97 Å². The van der Waals surface area contributed by atoms with Gasteiger partial charge in [-0.05, 0) is 32.1 Å². The van der Waals surface area contributed by atoms with Crippen molar-refractivity contribution in [3.63, 3.8) is 0 Å². The average Bonchev–Trinajstić information content (AvgIpc) is 2.42. The first-order valence-corrected chi connectivity index (χ1v) is 5.93. The summed E-state index contributed by atoms with van der Waals surface area (Å²) in [4.78, 5) is 10.8. The van der Waals surface area contributed by atoms with Crippen LogP contribution in [0.15, 0.2) is 18.2 Å². The van der Waals surface area contributed by atoms with E-state index in [1.807, 2.05) is 0 Å². The fourth-order valence-corrected chi connectivity index (χ4v) is 1.75. The molecule has 2 unspecified atom stereocenters. The molecule has 0 heterocycles. The average molecular weight is 269 g/mol. The van der Waals surface area contributed by atoms with Gasteiger partial charge in [-0.15, -0.1) is 0 Å². The molecule has 0 saturated carbocycles. The van der Waals surface area contributed by atoms with Gasteiger partial charge in [-0.25, -0.2) is 4.79 Å². The van der Waals surface area contributed by atoms with E-state index in [1.165, 1.54) is 25.3 Å². The Kier molecular flexibility index (Phi) is 5.75. The van der Waals surface area contributed by atoms with Crippen molar-refractivity contribution in [3.8, 4) is 5.75 Å². The van der Waals surface area contributed by atoms with Gasteiger partial charge in [-0.3, -0.25) is 0 Å². The van der Waals surface area contributed by atoms with Crippen LogP contribution < -0.4 is 10.1 Å². The number of carbonyl (C=O) groups is 1. The Hall–Kier alpha value is -1.63. The largest absolute Gasteiger partial charge is 0.496 e. The van der Waals surface area contributed by atoms with Crippen LogP contribution in [0.3, 0.4) is 0 Å². The summed E-state index contributed by atoms with van der Waals surface area (Å²) in [6, 6.07) is 4.15. The van der Waals surface area contributed by atoms with Crippen molar-refractivity contribution in [1.29, 1.82) is 0 Å². The molecule has 6 nitrogen and oxygen atoms in total. The predicted octanol–water partition coefficient (Wildman–Crippen LogP) is 0.397. The van der Waals surface area contributed by atoms with E-state index in [0.29, 0.717) is 18.5 Å². The summed E-state index contributed by atoms with van der Waals surface area (Å²) < 4.78 is 5.06. The molecule has 6 heteroatoms. The molecule has 19 heavy (non-hydrogen) atoms. The van der Waals surface area contributed by atoms with Gasteiger partial charge in [0.05, 0.1) is 18.8 Å². The number of nitrogens with one attached hydrogen (secondary N) is 1. The first-order chi connectivity index (χ1) is 9.01. The second-order valence-corrected chi connectivity index (χ2v) is 4.17. The number of aliphatic hydroxyl groups excluding tert-OH is 2. The van der Waals surface area contributed by atoms with Gasteiger partial charge in [0, 0.05) is 5.56 Å². The van der Waals surface area contributed by atoms with Crippen molar-refractivity contribution >= 4 is 5.97 Å². The summed E-state index contributed by atoms with van der Waals surface area (Å²) >= 11 is 0. The number of ether oxygens (including phenoxy) is 1. The van der Waals surface area contributed by atoms with Crippen LogP contribution in [0.2, 0.25) is 0 Å². The van der Waals surface area contributed by atoms with Crippen LogP contribution in [0.4, 0.5) is 0 Å². The molecule has 106 valence electrons. The number of methoxy groups -OCH3 is 1. The highest BCUT2D eigenvalue weighted by atomic mass is 16.5. The lowest BCUT2D eigenvalue weighted by Gasteiger charge is -2.20. The molecule has 1 rings (SSSR count). The number of benzene rings is 1. The molecule has 1 aromatic carbocycles. The zero-order chi connectivity index (χ0) is 14.4. The minimum Gasteiger partial charge on any atom is -0.496 e. The summed E-state index contributed by atoms with van der Waals surface area (Å²) in [5, 5.41) is 31.7. The highest BCUT2D eigenvalue weighted by Gasteiger charge is 2.22. The van der Waals surface area contributed by atoms with E-state index in [9.17, 15) is 15.0 Å². The van der Waals surface area contributed by atoms with E-state index < -0.39 is 18.2 Å². The van der Waals surface area contributed by atoms with Crippen LogP contribution in [0.1, 0.15) is 28.4 Å². The van der Waals surface area contributed by atoms with Crippen molar-refractivity contribution < 1.29 is 24.9 Å². The molecule has 0 amide bonds. The van der Waals surface area contributed by atoms with E-state index in [2.05, 4.69) is 5.32 Å². The number of rotatable bonds is 7. The van der Waals surface area contributed by atoms with Crippen molar-refractivity contribution in [1.82, 2.24) is 5.32 Å². The smallest absolute Gasteiger partial charge is 0.335 e. The quantitative estimate of drug-likeness (QED) is 0.572. The van der Waals surface area contributed by atoms with E-state index in [4.69, 9.17) is 9.84 Å². The monoisotopic (exact) mass is 269 g/mol. The maximum Gasteiger partial charge on any atom is 0.335 e. The lowest BCUT2D eigenvalue weighted by molar-refractivity contribution is 0.0127. The van der Waals surface area contributed by atoms with Gasteiger partial charge in [-0.2, -0.15) is 0 Å². The summed E-state index contributed by atoms with van der Waals surface area (Å²) in [6.07, 6.45) is -1.69. The Balaban J connectivity index is 2.95. The van der Waals surface area contributed by atoms with Gasteiger partial charge < -0.3 is 25.4 Å². The third-order valence-corrected chi connectivity index (χ3v) is 2.85. The van der Waals surface area contributed by atoms with Crippen molar-refractivity contribution in [2.24, 2.45) is 0 Å². The van der Waals surface area contributed by atoms with Gasteiger partial charge in [0.15, 0.2) is 0 Å². The molecule has 0 fully saturated rings. The molecule has 0 bridgehead atoms. The van der Waals surface area contributed by atoms with Crippen LogP contribution in [-0.4, -0.2) is 48.1 Å². The third-order valence-electron chi connectivity index (χ3n) is 2.85. The summed E-state index contributed by atoms with van der Waals surface area (Å²) in [5.41, 5.74) is 0.439. The zero-order valence-corrected chi connectivity index (χ0v) is 11.0. The van der Waals surface area contributed by atoms with Crippen LogP contribution in [0, 0.1) is 0 Å². The molecule has 0 aliphatic heterocycles. The van der Waals surface area contributed by atoms with E-state index in [-0.39, 0.29) is 11.3 Å². The topological polar surface area (TPSA) is 99.0 Å². The van der Waals surface area contributed by atoms with E-state index in [0.717, 1.165) is 0 Å². The maximum atomic E-state index is 10.8. The van der Waals surface area contributed by atoms with Crippen molar-refractivity contribution in [2.75, 3.05) is 20.7 Å². The Morgan fingerprint density at radius 2 is 2.11 bits per heavy atom. The number of aromatic carboxylic acids is 1. The van der Waals surface area contributed by atoms with Crippen LogP contribution in [0.25, 0.3) is 0 Å². The van der Waals surface area contributed by atoms with Gasteiger partial charge in [0.25, 0.3) is 0 Å². The summed E-state index contributed by atoms with van der Waals surface area (Å²) in [6.45, 7) is 0.563. The SMILES string of the molecule is CNCCC(O)C(O)c1ccc(C(=O)O)cc1OC. The Labute approximate surface area is 111 Å². The molecule has 0 aliphatic carbocycles. The molecule has 1 aromatic rings. The normalized spacial score (nSPS) is 13.9. The molecule has 4 N–H and O–H groups in total. The molecular formula is C13H19NO5. The number of hydrogen-bond donors (Lipinski definition) is 4. The zero-order valence-electron chi connectivity index (χ0n) is 11.0. The second-order valence-electron chi connectivity index (χ2n) is 4.17. The lowest BCUT2D eigenvalue weighted by atomic mass is 9.99. The Morgan fingerprint density at radius 1 is 1.42 bits per heavy atom. The van der Waals surface area contributed by atoms with Crippen LogP contribution in [-0.2, 0) is 0 Å². The van der Waals surface area contributed by atoms with E-state index >= 15 is 0 Å². The molecule has 0 aromatic heterocycles. The minimum atomic E-state index is -1.12. The first kappa shape index (κ1) is 15.4. The van der Waals surface area contributed by atoms with Gasteiger partial charge in [-0.1, -0.05) is 6.07 Å². The molecule has 0 aliphatic rings. The third kappa shape index (κ3) is 3.92. The van der Waals surface area contributed by atoms with Crippen molar-refractivity contribution in [2.45, 2.75) is 18.6 Å². The fourth-order valence-electron chi connectivity index (χ4n) is 1.75. The molecule has 0 radical (unpaired) electrons. The second kappa shape index (κ2) is 7.08. The Morgan fingerprint density at radius 3 is 2.63 bits per heavy atom. The Bertz CT molecular complexity index is 435. The number of carboxylic acids is 1. The molecule has 0 spiro atoms. The molecule has 2 atom stereocenters. The number of aliphatic hydroxyl groups is 2. The standard InChI is InChI=1S/C13H19NO5/c1-14-6-5-10(15)12(16)9-4-3-8(13(17)18)7-11(9)19-2/h3-4,7,10,12,14-16H,5-6H2,1-2H3,(H,17,18). The summed E-state index contributed by atoms with van der Waals surface area (Å²) in [7, 11) is 3.14. The van der Waals surface area contributed by atoms with Gasteiger partial charge in [0.1, 0.15) is 11.9 Å². The molecule has 0 saturated heterocycles. The van der Waals surface area contributed by atoms with Crippen LogP contribution >= 0.6 is 0 Å². The molecular weight excluding hydrogens is 250 g/mol. The highest BCUT2D eigenvalue weighted by molar-refractivity contribution is 5.88. The summed E-state index contributed by atoms with van der Waals surface area (Å²) in [5.74, 6) is -0.828. The van der Waals surface area contributed by atoms with Crippen molar-refractivity contribution in [3.05, 3.63) is 29.3 Å². The highest BCUT2D eigenvalue weighted by Crippen LogP contribution is 2.29. The van der Waals surface area contributed by atoms with Crippen LogP contribution in [0.5, 0.6) is 5.75 Å². The van der Waals surface area contributed by atoms with E-state index in [1.54, 1.807) is 7.05 Å². The first-order valence-electron chi connectivity index (χ1n) is 5.93. The number of carboxylic acid groups (broad SMARTS) is 1. The fraction of sp³-hybridized carbons (Fsp3) is 0.462. The lowest BCUT2D eigenvalue weighted by Crippen LogP contribution is -2.23.